The monoisotopic (exact) mass is 228 g/mol. The van der Waals surface area contributed by atoms with Gasteiger partial charge in [-0.15, -0.1) is 0 Å². The molecule has 0 saturated carbocycles. The summed E-state index contributed by atoms with van der Waals surface area (Å²) in [6.45, 7) is 4.87. The van der Waals surface area contributed by atoms with Gasteiger partial charge in [-0.3, -0.25) is 4.79 Å². The van der Waals surface area contributed by atoms with Crippen molar-refractivity contribution < 1.29 is 9.53 Å². The van der Waals surface area contributed by atoms with Crippen molar-refractivity contribution in [2.45, 2.75) is 45.1 Å². The first kappa shape index (κ1) is 13.5. The number of hydrogen-bond donors (Lipinski definition) is 2. The fourth-order valence-corrected chi connectivity index (χ4v) is 1.84. The molecule has 16 heavy (non-hydrogen) atoms. The van der Waals surface area contributed by atoms with Gasteiger partial charge in [0, 0.05) is 19.2 Å². The van der Waals surface area contributed by atoms with Crippen molar-refractivity contribution in [2.75, 3.05) is 26.3 Å². The molecule has 1 aliphatic heterocycles. The normalized spacial score (nSPS) is 19.9. The lowest BCUT2D eigenvalue weighted by atomic mass is 10.2. The summed E-state index contributed by atoms with van der Waals surface area (Å²) in [5.74, 6) is 0.00481. The van der Waals surface area contributed by atoms with Crippen LogP contribution in [0.25, 0.3) is 0 Å². The number of ether oxygens (including phenoxy) is 1. The van der Waals surface area contributed by atoms with E-state index in [2.05, 4.69) is 17.6 Å². The maximum Gasteiger partial charge on any atom is 0.246 e. The number of carbonyl (C=O) groups excluding carboxylic acids is 1. The van der Waals surface area contributed by atoms with Gasteiger partial charge in [0.15, 0.2) is 0 Å². The summed E-state index contributed by atoms with van der Waals surface area (Å²) < 4.78 is 5.28. The van der Waals surface area contributed by atoms with Gasteiger partial charge in [0.05, 0.1) is 0 Å². The first-order chi connectivity index (χ1) is 7.83. The van der Waals surface area contributed by atoms with E-state index in [9.17, 15) is 4.79 Å². The summed E-state index contributed by atoms with van der Waals surface area (Å²) >= 11 is 0. The molecule has 0 aromatic carbocycles. The van der Waals surface area contributed by atoms with E-state index in [0.29, 0.717) is 12.6 Å². The predicted molar refractivity (Wildman–Crippen MR) is 64.4 cm³/mol. The maximum atomic E-state index is 11.4. The van der Waals surface area contributed by atoms with Crippen LogP contribution in [0, 0.1) is 0 Å². The van der Waals surface area contributed by atoms with Crippen molar-refractivity contribution in [1.82, 2.24) is 10.6 Å². The summed E-state index contributed by atoms with van der Waals surface area (Å²) in [4.78, 5) is 11.4. The van der Waals surface area contributed by atoms with Crippen molar-refractivity contribution in [3.05, 3.63) is 0 Å². The summed E-state index contributed by atoms with van der Waals surface area (Å²) in [5, 5.41) is 6.23. The Morgan fingerprint density at radius 2 is 2.38 bits per heavy atom. The number of unbranched alkanes of at least 4 members (excludes halogenated alkanes) is 2. The van der Waals surface area contributed by atoms with Crippen LogP contribution in [0.15, 0.2) is 0 Å². The zero-order chi connectivity index (χ0) is 11.6. The molecule has 1 rings (SSSR count). The number of carbonyl (C=O) groups is 1. The van der Waals surface area contributed by atoms with Crippen LogP contribution >= 0.6 is 0 Å². The topological polar surface area (TPSA) is 50.4 Å². The van der Waals surface area contributed by atoms with Gasteiger partial charge in [-0.05, 0) is 25.8 Å². The van der Waals surface area contributed by atoms with E-state index in [4.69, 9.17) is 4.74 Å². The molecule has 1 aliphatic rings. The lowest BCUT2D eigenvalue weighted by molar-refractivity contribution is -0.125. The van der Waals surface area contributed by atoms with Crippen molar-refractivity contribution >= 4 is 5.91 Å². The standard InChI is InChI=1S/C12H24N2O2/c1-2-3-4-8-16-10-12(15)14-9-11-6-5-7-13-11/h11,13H,2-10H2,1H3,(H,14,15). The number of hydrogen-bond acceptors (Lipinski definition) is 3. The van der Waals surface area contributed by atoms with Gasteiger partial charge in [-0.25, -0.2) is 0 Å². The number of rotatable bonds is 8. The molecule has 0 bridgehead atoms. The van der Waals surface area contributed by atoms with Gasteiger partial charge < -0.3 is 15.4 Å². The van der Waals surface area contributed by atoms with Gasteiger partial charge in [0.25, 0.3) is 0 Å². The molecule has 1 heterocycles. The smallest absolute Gasteiger partial charge is 0.246 e. The Balaban J connectivity index is 1.90. The van der Waals surface area contributed by atoms with Gasteiger partial charge in [0.2, 0.25) is 5.91 Å². The van der Waals surface area contributed by atoms with Gasteiger partial charge in [-0.1, -0.05) is 19.8 Å². The Morgan fingerprint density at radius 1 is 1.50 bits per heavy atom. The minimum atomic E-state index is 0.00481. The largest absolute Gasteiger partial charge is 0.372 e. The lowest BCUT2D eigenvalue weighted by Gasteiger charge is -2.11. The molecule has 0 radical (unpaired) electrons. The van der Waals surface area contributed by atoms with E-state index in [1.54, 1.807) is 0 Å². The predicted octanol–water partition coefficient (Wildman–Crippen LogP) is 1.06. The van der Waals surface area contributed by atoms with Crippen LogP contribution in [0.2, 0.25) is 0 Å². The quantitative estimate of drug-likeness (QED) is 0.611. The minimum absolute atomic E-state index is 0.00481. The highest BCUT2D eigenvalue weighted by molar-refractivity contribution is 5.77. The Kier molecular flexibility index (Phi) is 7.17. The Labute approximate surface area is 98.1 Å². The minimum Gasteiger partial charge on any atom is -0.372 e. The zero-order valence-corrected chi connectivity index (χ0v) is 10.3. The molecule has 1 unspecified atom stereocenters. The Hall–Kier alpha value is -0.610. The third kappa shape index (κ3) is 6.08. The molecular weight excluding hydrogens is 204 g/mol. The SMILES string of the molecule is CCCCCOCC(=O)NCC1CCCN1. The summed E-state index contributed by atoms with van der Waals surface area (Å²) in [6.07, 6.45) is 5.79. The van der Waals surface area contributed by atoms with Crippen LogP contribution in [-0.4, -0.2) is 38.3 Å². The summed E-state index contributed by atoms with van der Waals surface area (Å²) in [5.41, 5.74) is 0. The highest BCUT2D eigenvalue weighted by Gasteiger charge is 2.14. The summed E-state index contributed by atoms with van der Waals surface area (Å²) in [6, 6.07) is 0.462. The van der Waals surface area contributed by atoms with E-state index in [1.807, 2.05) is 0 Å². The van der Waals surface area contributed by atoms with E-state index in [1.165, 1.54) is 19.3 Å². The first-order valence-corrected chi connectivity index (χ1v) is 6.40. The average molecular weight is 228 g/mol. The second-order valence-electron chi connectivity index (χ2n) is 4.36. The Bertz CT molecular complexity index is 191. The molecule has 2 N–H and O–H groups in total. The molecule has 4 heteroatoms. The molecule has 0 aliphatic carbocycles. The van der Waals surface area contributed by atoms with Crippen LogP contribution in [0.4, 0.5) is 0 Å². The lowest BCUT2D eigenvalue weighted by Crippen LogP contribution is -2.38. The Morgan fingerprint density at radius 3 is 3.06 bits per heavy atom. The van der Waals surface area contributed by atoms with Gasteiger partial charge >= 0.3 is 0 Å². The molecule has 1 amide bonds. The van der Waals surface area contributed by atoms with Crippen LogP contribution < -0.4 is 10.6 Å². The average Bonchev–Trinajstić information content (AvgIpc) is 2.79. The molecule has 1 fully saturated rings. The van der Waals surface area contributed by atoms with Crippen LogP contribution in [0.3, 0.4) is 0 Å². The fourth-order valence-electron chi connectivity index (χ4n) is 1.84. The number of nitrogens with one attached hydrogen (secondary N) is 2. The first-order valence-electron chi connectivity index (χ1n) is 6.40. The summed E-state index contributed by atoms with van der Waals surface area (Å²) in [7, 11) is 0. The number of amides is 1. The van der Waals surface area contributed by atoms with E-state index in [-0.39, 0.29) is 12.5 Å². The van der Waals surface area contributed by atoms with Crippen molar-refractivity contribution in [1.29, 1.82) is 0 Å². The molecule has 0 spiro atoms. The van der Waals surface area contributed by atoms with Crippen molar-refractivity contribution in [3.63, 3.8) is 0 Å². The molecule has 0 aromatic rings. The molecule has 1 saturated heterocycles. The maximum absolute atomic E-state index is 11.4. The van der Waals surface area contributed by atoms with Crippen LogP contribution in [0.1, 0.15) is 39.0 Å². The van der Waals surface area contributed by atoms with Crippen LogP contribution in [-0.2, 0) is 9.53 Å². The molecule has 0 aromatic heterocycles. The second kappa shape index (κ2) is 8.53. The van der Waals surface area contributed by atoms with Gasteiger partial charge in [0.1, 0.15) is 6.61 Å². The third-order valence-electron chi connectivity index (χ3n) is 2.83. The van der Waals surface area contributed by atoms with E-state index >= 15 is 0 Å². The van der Waals surface area contributed by atoms with Crippen molar-refractivity contribution in [3.8, 4) is 0 Å². The highest BCUT2D eigenvalue weighted by atomic mass is 16.5. The third-order valence-corrected chi connectivity index (χ3v) is 2.83. The zero-order valence-electron chi connectivity index (χ0n) is 10.3. The molecular formula is C12H24N2O2. The molecule has 1 atom stereocenters. The van der Waals surface area contributed by atoms with E-state index in [0.717, 1.165) is 25.9 Å². The van der Waals surface area contributed by atoms with E-state index < -0.39 is 0 Å². The molecule has 94 valence electrons. The molecule has 4 nitrogen and oxygen atoms in total. The van der Waals surface area contributed by atoms with Gasteiger partial charge in [-0.2, -0.15) is 0 Å². The highest BCUT2D eigenvalue weighted by Crippen LogP contribution is 2.02. The van der Waals surface area contributed by atoms with Crippen molar-refractivity contribution in [2.24, 2.45) is 0 Å². The van der Waals surface area contributed by atoms with Crippen LogP contribution in [0.5, 0.6) is 0 Å². The fraction of sp³-hybridized carbons (Fsp3) is 0.917. The second-order valence-corrected chi connectivity index (χ2v) is 4.36.